The van der Waals surface area contributed by atoms with E-state index >= 15 is 0 Å². The van der Waals surface area contributed by atoms with Gasteiger partial charge in [0, 0.05) is 0 Å². The van der Waals surface area contributed by atoms with E-state index in [9.17, 15) is 20.4 Å². The summed E-state index contributed by atoms with van der Waals surface area (Å²) in [6.07, 6.45) is -0.0445. The fourth-order valence-corrected chi connectivity index (χ4v) is 4.70. The lowest BCUT2D eigenvalue weighted by Gasteiger charge is -2.40. The third-order valence-electron chi connectivity index (χ3n) is 6.73. The van der Waals surface area contributed by atoms with E-state index in [2.05, 4.69) is 30.3 Å². The van der Waals surface area contributed by atoms with Gasteiger partial charge in [0.1, 0.15) is 30.5 Å². The van der Waals surface area contributed by atoms with Gasteiger partial charge in [-0.15, -0.1) is 0 Å². The molecule has 2 aromatic carbocycles. The molecule has 4 N–H and O–H groups in total. The van der Waals surface area contributed by atoms with Gasteiger partial charge in [0.2, 0.25) is 0 Å². The van der Waals surface area contributed by atoms with Crippen molar-refractivity contribution in [1.29, 1.82) is 0 Å². The number of aliphatic hydroxyl groups excluding tert-OH is 4. The first-order valence-electron chi connectivity index (χ1n) is 10.6. The highest BCUT2D eigenvalue weighted by Crippen LogP contribution is 2.43. The van der Waals surface area contributed by atoms with Gasteiger partial charge in [-0.2, -0.15) is 0 Å². The second-order valence-corrected chi connectivity index (χ2v) is 8.76. The number of ether oxygens (including phenoxy) is 1. The number of fused-ring (bicyclic) bond motifs is 1. The van der Waals surface area contributed by atoms with Crippen molar-refractivity contribution < 1.29 is 25.2 Å². The normalized spacial score (nSPS) is 31.2. The summed E-state index contributed by atoms with van der Waals surface area (Å²) in [6, 6.07) is 12.9. The van der Waals surface area contributed by atoms with Gasteiger partial charge < -0.3 is 25.2 Å². The molecule has 0 bridgehead atoms. The van der Waals surface area contributed by atoms with Crippen LogP contribution in [0.5, 0.6) is 0 Å². The van der Waals surface area contributed by atoms with E-state index < -0.39 is 37.1 Å². The van der Waals surface area contributed by atoms with E-state index in [1.54, 1.807) is 0 Å². The molecule has 2 aliphatic carbocycles. The average Bonchev–Trinajstić information content (AvgIpc) is 3.54. The van der Waals surface area contributed by atoms with E-state index in [0.29, 0.717) is 5.92 Å². The van der Waals surface area contributed by atoms with Gasteiger partial charge in [-0.1, -0.05) is 36.4 Å². The Morgan fingerprint density at radius 1 is 0.862 bits per heavy atom. The van der Waals surface area contributed by atoms with E-state index in [1.165, 1.54) is 47.1 Å². The summed E-state index contributed by atoms with van der Waals surface area (Å²) < 4.78 is 5.77. The lowest BCUT2D eigenvalue weighted by atomic mass is 9.85. The molecule has 0 aromatic heterocycles. The third-order valence-corrected chi connectivity index (χ3v) is 6.73. The zero-order valence-electron chi connectivity index (χ0n) is 16.4. The zero-order valence-corrected chi connectivity index (χ0v) is 16.4. The Hall–Kier alpha value is -1.76. The summed E-state index contributed by atoms with van der Waals surface area (Å²) in [4.78, 5) is 0. The summed E-state index contributed by atoms with van der Waals surface area (Å²) in [7, 11) is 0. The first kappa shape index (κ1) is 19.2. The molecule has 1 saturated carbocycles. The summed E-state index contributed by atoms with van der Waals surface area (Å²) in [5.74, 6) is 0.598. The Morgan fingerprint density at radius 3 is 2.31 bits per heavy atom. The van der Waals surface area contributed by atoms with E-state index in [-0.39, 0.29) is 0 Å². The topological polar surface area (TPSA) is 90.2 Å². The molecular formula is C24H28O5. The maximum atomic E-state index is 10.5. The lowest BCUT2D eigenvalue weighted by Crippen LogP contribution is -2.55. The minimum atomic E-state index is -1.36. The standard InChI is InChI=1S/C24H28O5/c25-12-20-21(26)22(27)23(28)24(29-20)17-7-8-19(15-4-5-15)18(11-17)10-13-1-2-14-3-6-16(14)9-13/h1-2,7-9,11,15,20-28H,3-6,10,12H2/t20-,21-,22+,23-,24+/m1/s1. The van der Waals surface area contributed by atoms with Crippen LogP contribution >= 0.6 is 0 Å². The third kappa shape index (κ3) is 3.51. The first-order chi connectivity index (χ1) is 14.0. The summed E-state index contributed by atoms with van der Waals surface area (Å²) >= 11 is 0. The highest BCUT2D eigenvalue weighted by Gasteiger charge is 2.44. The van der Waals surface area contributed by atoms with Gasteiger partial charge in [-0.25, -0.2) is 0 Å². The number of hydrogen-bond acceptors (Lipinski definition) is 5. The van der Waals surface area contributed by atoms with Crippen molar-refractivity contribution in [3.63, 3.8) is 0 Å². The lowest BCUT2D eigenvalue weighted by molar-refractivity contribution is -0.231. The quantitative estimate of drug-likeness (QED) is 0.619. The van der Waals surface area contributed by atoms with Gasteiger partial charge in [0.15, 0.2) is 0 Å². The monoisotopic (exact) mass is 396 g/mol. The van der Waals surface area contributed by atoms with Gasteiger partial charge in [-0.3, -0.25) is 0 Å². The van der Waals surface area contributed by atoms with Gasteiger partial charge in [-0.05, 0) is 71.4 Å². The van der Waals surface area contributed by atoms with Crippen LogP contribution in [0.1, 0.15) is 58.2 Å². The van der Waals surface area contributed by atoms with Crippen LogP contribution in [-0.4, -0.2) is 51.4 Å². The molecule has 29 heavy (non-hydrogen) atoms. The van der Waals surface area contributed by atoms with Crippen LogP contribution in [0, 0.1) is 0 Å². The van der Waals surface area contributed by atoms with Crippen molar-refractivity contribution in [3.8, 4) is 0 Å². The number of benzene rings is 2. The highest BCUT2D eigenvalue weighted by atomic mass is 16.5. The molecule has 5 atom stereocenters. The second-order valence-electron chi connectivity index (χ2n) is 8.76. The number of aliphatic hydroxyl groups is 4. The van der Waals surface area contributed by atoms with E-state index in [4.69, 9.17) is 4.74 Å². The molecule has 1 aliphatic heterocycles. The summed E-state index contributed by atoms with van der Waals surface area (Å²) in [5, 5.41) is 40.2. The van der Waals surface area contributed by atoms with Crippen LogP contribution in [0.25, 0.3) is 0 Å². The van der Waals surface area contributed by atoms with Gasteiger partial charge in [0.25, 0.3) is 0 Å². The molecular weight excluding hydrogens is 368 g/mol. The molecule has 1 heterocycles. The first-order valence-corrected chi connectivity index (χ1v) is 10.6. The zero-order chi connectivity index (χ0) is 20.1. The minimum Gasteiger partial charge on any atom is -0.394 e. The molecule has 0 unspecified atom stereocenters. The van der Waals surface area contributed by atoms with Crippen LogP contribution in [0.3, 0.4) is 0 Å². The number of aryl methyl sites for hydroxylation is 2. The maximum Gasteiger partial charge on any atom is 0.113 e. The predicted octanol–water partition coefficient (Wildman–Crippen LogP) is 1.77. The van der Waals surface area contributed by atoms with Crippen molar-refractivity contribution in [1.82, 2.24) is 0 Å². The summed E-state index contributed by atoms with van der Waals surface area (Å²) in [5.41, 5.74) is 7.52. The SMILES string of the molecule is OC[C@H]1O[C@@H](c2ccc(C3CC3)c(Cc3ccc4c(c3)CC4)c2)[C@H](O)[C@@H](O)[C@@H]1O. The molecule has 5 rings (SSSR count). The predicted molar refractivity (Wildman–Crippen MR) is 108 cm³/mol. The molecule has 0 spiro atoms. The Morgan fingerprint density at radius 2 is 1.66 bits per heavy atom. The molecule has 154 valence electrons. The Kier molecular flexibility index (Phi) is 4.96. The van der Waals surface area contributed by atoms with Crippen LogP contribution in [0.2, 0.25) is 0 Å². The van der Waals surface area contributed by atoms with Crippen molar-refractivity contribution in [3.05, 3.63) is 69.8 Å². The van der Waals surface area contributed by atoms with Crippen molar-refractivity contribution >= 4 is 0 Å². The smallest absolute Gasteiger partial charge is 0.113 e. The van der Waals surface area contributed by atoms with Crippen LogP contribution in [-0.2, 0) is 24.0 Å². The maximum absolute atomic E-state index is 10.5. The minimum absolute atomic E-state index is 0.413. The molecule has 2 aromatic rings. The molecule has 5 nitrogen and oxygen atoms in total. The highest BCUT2D eigenvalue weighted by molar-refractivity contribution is 5.44. The van der Waals surface area contributed by atoms with E-state index in [1.807, 2.05) is 6.07 Å². The fraction of sp³-hybridized carbons (Fsp3) is 0.500. The second kappa shape index (κ2) is 7.49. The fourth-order valence-electron chi connectivity index (χ4n) is 4.70. The van der Waals surface area contributed by atoms with Crippen molar-refractivity contribution in [2.75, 3.05) is 6.61 Å². The van der Waals surface area contributed by atoms with Gasteiger partial charge >= 0.3 is 0 Å². The van der Waals surface area contributed by atoms with Crippen LogP contribution < -0.4 is 0 Å². The number of hydrogen-bond donors (Lipinski definition) is 4. The van der Waals surface area contributed by atoms with Crippen molar-refractivity contribution in [2.24, 2.45) is 0 Å². The molecule has 0 radical (unpaired) electrons. The Bertz CT molecular complexity index is 904. The number of rotatable bonds is 5. The summed E-state index contributed by atoms with van der Waals surface area (Å²) in [6.45, 7) is -0.413. The molecule has 0 amide bonds. The average molecular weight is 396 g/mol. The van der Waals surface area contributed by atoms with Crippen LogP contribution in [0.15, 0.2) is 36.4 Å². The van der Waals surface area contributed by atoms with Crippen molar-refractivity contribution in [2.45, 2.75) is 68.5 Å². The van der Waals surface area contributed by atoms with E-state index in [0.717, 1.165) is 18.4 Å². The largest absolute Gasteiger partial charge is 0.394 e. The molecule has 1 saturated heterocycles. The Balaban J connectivity index is 1.46. The van der Waals surface area contributed by atoms with Gasteiger partial charge in [0.05, 0.1) is 6.61 Å². The Labute approximate surface area is 170 Å². The van der Waals surface area contributed by atoms with Crippen LogP contribution in [0.4, 0.5) is 0 Å². The molecule has 5 heteroatoms. The molecule has 3 aliphatic rings. The molecule has 2 fully saturated rings.